The fourth-order valence-electron chi connectivity index (χ4n) is 2.35. The van der Waals surface area contributed by atoms with Gasteiger partial charge in [-0.2, -0.15) is 14.8 Å². The average Bonchev–Trinajstić information content (AvgIpc) is 2.46. The molecule has 7 heteroatoms. The third kappa shape index (κ3) is 36.1. The molecule has 0 bridgehead atoms. The zero-order chi connectivity index (χ0) is 18.7. The first-order chi connectivity index (χ1) is 11.3. The zero-order valence-electron chi connectivity index (χ0n) is 16.3. The van der Waals surface area contributed by atoms with Crippen molar-refractivity contribution in [1.29, 1.82) is 0 Å². The molecule has 146 valence electrons. The van der Waals surface area contributed by atoms with Crippen molar-refractivity contribution in [1.82, 2.24) is 0 Å². The van der Waals surface area contributed by atoms with Gasteiger partial charge in [0.05, 0.1) is 0 Å². The van der Waals surface area contributed by atoms with Gasteiger partial charge < -0.3 is 12.0 Å². The quantitative estimate of drug-likeness (QED) is 0.194. The van der Waals surface area contributed by atoms with Gasteiger partial charge in [0, 0.05) is 0 Å². The Kier molecular flexibility index (Phi) is 27.0. The van der Waals surface area contributed by atoms with Crippen LogP contribution >= 0.6 is 0 Å². The molecule has 0 spiro atoms. The maximum absolute atomic E-state index is 9.62. The predicted octanol–water partition coefficient (Wildman–Crippen LogP) is 2.26. The Morgan fingerprint density at radius 3 is 1.32 bits per heavy atom. The maximum Gasteiger partial charge on any atom is 1.00 e. The van der Waals surface area contributed by atoms with Gasteiger partial charge in [0.25, 0.3) is 10.1 Å². The zero-order valence-corrected chi connectivity index (χ0v) is 19.2. The van der Waals surface area contributed by atoms with E-state index in [-0.39, 0.29) is 29.6 Å². The molecule has 0 unspecified atom stereocenters. The van der Waals surface area contributed by atoms with Gasteiger partial charge in [-0.25, -0.2) is 0 Å². The van der Waals surface area contributed by atoms with Crippen LogP contribution in [0.1, 0.15) is 96.8 Å². The van der Waals surface area contributed by atoms with E-state index >= 15 is 0 Å². The summed E-state index contributed by atoms with van der Waals surface area (Å²) < 4.78 is 27.0. The fourth-order valence-corrected chi connectivity index (χ4v) is 2.66. The molecule has 0 aliphatic rings. The Balaban J connectivity index is -0.000000457. The second-order valence-corrected chi connectivity index (χ2v) is 7.67. The van der Waals surface area contributed by atoms with Crippen LogP contribution in [-0.4, -0.2) is 29.8 Å². The number of aliphatic carboxylic acids is 1. The van der Waals surface area contributed by atoms with E-state index in [1.165, 1.54) is 83.5 Å². The molecule has 25 heavy (non-hydrogen) atoms. The number of unbranched alkanes of at least 4 members (excludes halogenated alkanes) is 13. The normalized spacial score (nSPS) is 10.5. The number of carbonyl (C=O) groups is 1. The molecule has 2 N–H and O–H groups in total. The Bertz CT molecular complexity index is 358. The Morgan fingerprint density at radius 2 is 1.12 bits per heavy atom. The molecule has 5 nitrogen and oxygen atoms in total. The van der Waals surface area contributed by atoms with Crippen molar-refractivity contribution in [2.75, 3.05) is 5.75 Å². The number of hydrogen-bond donors (Lipinski definition) is 2. The second kappa shape index (κ2) is 22.4. The predicted molar refractivity (Wildman–Crippen MR) is 99.7 cm³/mol. The monoisotopic (exact) mass is 388 g/mol. The SMILES string of the molecule is O=C(O)CS(=O)(=O)O.[CH2-]CCCCCCCCCCCCCCC.[Na+]. The first-order valence-corrected chi connectivity index (χ1v) is 10.9. The molecule has 0 aromatic rings. The summed E-state index contributed by atoms with van der Waals surface area (Å²) in [7, 11) is -4.32. The molecule has 0 aliphatic carbocycles. The van der Waals surface area contributed by atoms with Crippen LogP contribution < -0.4 is 29.6 Å². The summed E-state index contributed by atoms with van der Waals surface area (Å²) in [5.74, 6) is -2.79. The minimum absolute atomic E-state index is 0. The summed E-state index contributed by atoms with van der Waals surface area (Å²) in [6, 6.07) is 0. The van der Waals surface area contributed by atoms with E-state index in [1.54, 1.807) is 0 Å². The van der Waals surface area contributed by atoms with Gasteiger partial charge in [0.15, 0.2) is 5.75 Å². The van der Waals surface area contributed by atoms with Crippen molar-refractivity contribution in [2.24, 2.45) is 0 Å². The van der Waals surface area contributed by atoms with E-state index in [0.29, 0.717) is 0 Å². The number of rotatable bonds is 15. The minimum Gasteiger partial charge on any atom is -0.480 e. The van der Waals surface area contributed by atoms with Gasteiger partial charge in [0.1, 0.15) is 0 Å². The molecule has 0 rings (SSSR count). The summed E-state index contributed by atoms with van der Waals surface area (Å²) >= 11 is 0. The molecule has 0 aromatic carbocycles. The molecule has 0 saturated heterocycles. The van der Waals surface area contributed by atoms with Crippen LogP contribution in [0.15, 0.2) is 0 Å². The van der Waals surface area contributed by atoms with E-state index in [4.69, 9.17) is 9.66 Å². The van der Waals surface area contributed by atoms with Crippen LogP contribution in [0.4, 0.5) is 0 Å². The fraction of sp³-hybridized carbons (Fsp3) is 0.889. The van der Waals surface area contributed by atoms with Gasteiger partial charge in [0.2, 0.25) is 0 Å². The van der Waals surface area contributed by atoms with Crippen LogP contribution in [0.2, 0.25) is 0 Å². The van der Waals surface area contributed by atoms with Crippen molar-refractivity contribution in [2.45, 2.75) is 96.8 Å². The number of hydrogen-bond acceptors (Lipinski definition) is 3. The van der Waals surface area contributed by atoms with Crippen LogP contribution in [-0.2, 0) is 14.9 Å². The molecule has 0 radical (unpaired) electrons. The first kappa shape index (κ1) is 30.1. The van der Waals surface area contributed by atoms with Gasteiger partial charge in [-0.1, -0.05) is 90.4 Å². The van der Waals surface area contributed by atoms with Crippen LogP contribution in [0.25, 0.3) is 0 Å². The van der Waals surface area contributed by atoms with Crippen molar-refractivity contribution in [3.63, 3.8) is 0 Å². The van der Waals surface area contributed by atoms with Crippen LogP contribution in [0.5, 0.6) is 0 Å². The first-order valence-electron chi connectivity index (χ1n) is 9.29. The molecule has 0 amide bonds. The summed E-state index contributed by atoms with van der Waals surface area (Å²) in [5, 5.41) is 7.71. The van der Waals surface area contributed by atoms with Gasteiger partial charge >= 0.3 is 35.5 Å². The summed E-state index contributed by atoms with van der Waals surface area (Å²) in [6.45, 7) is 6.16. The largest absolute Gasteiger partial charge is 1.00 e. The Labute approximate surface area is 177 Å². The third-order valence-corrected chi connectivity index (χ3v) is 4.27. The van der Waals surface area contributed by atoms with Crippen molar-refractivity contribution in [3.05, 3.63) is 6.92 Å². The van der Waals surface area contributed by atoms with Crippen LogP contribution in [0.3, 0.4) is 0 Å². The van der Waals surface area contributed by atoms with E-state index < -0.39 is 21.8 Å². The molecular weight excluding hydrogens is 351 g/mol. The summed E-state index contributed by atoms with van der Waals surface area (Å²) in [4.78, 5) is 9.48. The molecule has 0 fully saturated rings. The molecule has 0 atom stereocenters. The average molecular weight is 389 g/mol. The third-order valence-electron chi connectivity index (χ3n) is 3.66. The van der Waals surface area contributed by atoms with E-state index in [9.17, 15) is 13.2 Å². The summed E-state index contributed by atoms with van der Waals surface area (Å²) in [5.41, 5.74) is 0. The Hall–Kier alpha value is 0.380. The van der Waals surface area contributed by atoms with Crippen molar-refractivity contribution in [3.8, 4) is 0 Å². The molecule has 0 aliphatic heterocycles. The van der Waals surface area contributed by atoms with Crippen LogP contribution in [0, 0.1) is 6.92 Å². The van der Waals surface area contributed by atoms with E-state index in [0.717, 1.165) is 6.42 Å². The standard InChI is InChI=1S/C16H33.C2H4O5S.Na/c1-3-5-7-9-11-13-15-16-14-12-10-8-6-4-2;3-2(4)1-8(5,6)7;/h1,3-16H2,2H3;1H2,(H,3,4)(H,5,6,7);/q-1;;+1. The van der Waals surface area contributed by atoms with Gasteiger partial charge in [-0.05, 0) is 0 Å². The second-order valence-electron chi connectivity index (χ2n) is 6.22. The van der Waals surface area contributed by atoms with Gasteiger partial charge in [-0.3, -0.25) is 9.35 Å². The van der Waals surface area contributed by atoms with E-state index in [1.807, 2.05) is 0 Å². The summed E-state index contributed by atoms with van der Waals surface area (Å²) in [6.07, 6.45) is 19.8. The molecule has 0 heterocycles. The van der Waals surface area contributed by atoms with Crippen molar-refractivity contribution >= 4 is 16.1 Å². The number of carboxylic acid groups (broad SMARTS) is 1. The molecular formula is C18H37NaO5S. The topological polar surface area (TPSA) is 91.7 Å². The molecule has 0 aromatic heterocycles. The maximum atomic E-state index is 9.62. The smallest absolute Gasteiger partial charge is 0.480 e. The minimum atomic E-state index is -4.32. The van der Waals surface area contributed by atoms with E-state index in [2.05, 4.69) is 13.8 Å². The van der Waals surface area contributed by atoms with Crippen molar-refractivity contribution < 1.29 is 52.4 Å². The Morgan fingerprint density at radius 1 is 0.800 bits per heavy atom. The van der Waals surface area contributed by atoms with Gasteiger partial charge in [-0.15, -0.1) is 0 Å². The molecule has 0 saturated carbocycles. The number of carboxylic acids is 1.